The van der Waals surface area contributed by atoms with E-state index in [1.54, 1.807) is 0 Å². The van der Waals surface area contributed by atoms with Crippen LogP contribution in [0.4, 0.5) is 20.5 Å². The Morgan fingerprint density at radius 1 is 1.50 bits per heavy atom. The van der Waals surface area contributed by atoms with Gasteiger partial charge in [0.05, 0.1) is 0 Å². The standard InChI is InChI=1S/C7H8ClF2N4/c1-2-12-6-3(8)4(5(9)10)13-7(11)14-6/h5H,1-2H2,(H3,11,12,13,14). The van der Waals surface area contributed by atoms with Crippen LogP contribution in [-0.2, 0) is 0 Å². The van der Waals surface area contributed by atoms with Crippen molar-refractivity contribution in [1.82, 2.24) is 9.97 Å². The summed E-state index contributed by atoms with van der Waals surface area (Å²) in [5.74, 6) is -0.176. The zero-order valence-corrected chi connectivity index (χ0v) is 7.85. The second kappa shape index (κ2) is 4.36. The van der Waals surface area contributed by atoms with Crippen molar-refractivity contribution in [3.8, 4) is 0 Å². The van der Waals surface area contributed by atoms with Gasteiger partial charge >= 0.3 is 0 Å². The largest absolute Gasteiger partial charge is 0.369 e. The fourth-order valence-electron chi connectivity index (χ4n) is 0.863. The summed E-state index contributed by atoms with van der Waals surface area (Å²) in [5.41, 5.74) is 4.65. The first-order chi connectivity index (χ1) is 6.56. The summed E-state index contributed by atoms with van der Waals surface area (Å²) in [7, 11) is 0. The van der Waals surface area contributed by atoms with Crippen LogP contribution in [-0.4, -0.2) is 16.5 Å². The van der Waals surface area contributed by atoms with Crippen LogP contribution in [0, 0.1) is 6.92 Å². The minimum atomic E-state index is -2.78. The molecule has 0 amide bonds. The van der Waals surface area contributed by atoms with Crippen molar-refractivity contribution in [2.24, 2.45) is 0 Å². The molecule has 1 radical (unpaired) electrons. The van der Waals surface area contributed by atoms with E-state index in [-0.39, 0.29) is 23.3 Å². The molecule has 7 heteroatoms. The van der Waals surface area contributed by atoms with E-state index in [9.17, 15) is 8.78 Å². The van der Waals surface area contributed by atoms with E-state index in [4.69, 9.17) is 17.3 Å². The number of nitrogen functional groups attached to an aromatic ring is 1. The van der Waals surface area contributed by atoms with Gasteiger partial charge in [0.15, 0.2) is 5.82 Å². The maximum absolute atomic E-state index is 12.4. The smallest absolute Gasteiger partial charge is 0.282 e. The van der Waals surface area contributed by atoms with Crippen molar-refractivity contribution in [1.29, 1.82) is 0 Å². The second-order valence-electron chi connectivity index (χ2n) is 2.36. The third kappa shape index (κ3) is 2.20. The molecule has 1 heterocycles. The van der Waals surface area contributed by atoms with Crippen molar-refractivity contribution < 1.29 is 8.78 Å². The maximum atomic E-state index is 12.4. The number of anilines is 2. The van der Waals surface area contributed by atoms with Gasteiger partial charge in [0.25, 0.3) is 6.43 Å². The van der Waals surface area contributed by atoms with Crippen molar-refractivity contribution in [2.75, 3.05) is 17.6 Å². The molecule has 0 spiro atoms. The van der Waals surface area contributed by atoms with Crippen molar-refractivity contribution in [2.45, 2.75) is 6.43 Å². The van der Waals surface area contributed by atoms with E-state index in [0.717, 1.165) is 0 Å². The number of hydrogen-bond donors (Lipinski definition) is 2. The van der Waals surface area contributed by atoms with Crippen LogP contribution < -0.4 is 11.1 Å². The van der Waals surface area contributed by atoms with Crippen LogP contribution in [0.15, 0.2) is 0 Å². The van der Waals surface area contributed by atoms with E-state index in [0.29, 0.717) is 0 Å². The summed E-state index contributed by atoms with van der Waals surface area (Å²) < 4.78 is 24.7. The molecule has 0 saturated carbocycles. The third-order valence-electron chi connectivity index (χ3n) is 1.39. The second-order valence-corrected chi connectivity index (χ2v) is 2.74. The van der Waals surface area contributed by atoms with Gasteiger partial charge in [0.2, 0.25) is 5.95 Å². The Morgan fingerprint density at radius 3 is 2.64 bits per heavy atom. The molecule has 0 aliphatic carbocycles. The first kappa shape index (κ1) is 10.9. The maximum Gasteiger partial charge on any atom is 0.282 e. The molecule has 0 aliphatic heterocycles. The predicted molar refractivity (Wildman–Crippen MR) is 50.3 cm³/mol. The zero-order chi connectivity index (χ0) is 10.7. The minimum Gasteiger partial charge on any atom is -0.369 e. The molecule has 3 N–H and O–H groups in total. The summed E-state index contributed by atoms with van der Waals surface area (Å²) in [6, 6.07) is 0. The lowest BCUT2D eigenvalue weighted by atomic mass is 10.4. The molecule has 14 heavy (non-hydrogen) atoms. The van der Waals surface area contributed by atoms with Crippen LogP contribution in [0.2, 0.25) is 5.02 Å². The first-order valence-electron chi connectivity index (χ1n) is 3.70. The Kier molecular flexibility index (Phi) is 3.40. The van der Waals surface area contributed by atoms with E-state index < -0.39 is 12.1 Å². The van der Waals surface area contributed by atoms with Crippen LogP contribution >= 0.6 is 11.6 Å². The number of nitrogens with zero attached hydrogens (tertiary/aromatic N) is 2. The fourth-order valence-corrected chi connectivity index (χ4v) is 1.10. The molecule has 1 aromatic heterocycles. The number of alkyl halides is 2. The molecule has 1 rings (SSSR count). The van der Waals surface area contributed by atoms with Crippen LogP contribution in [0.25, 0.3) is 0 Å². The van der Waals surface area contributed by atoms with E-state index in [2.05, 4.69) is 22.2 Å². The zero-order valence-electron chi connectivity index (χ0n) is 7.10. The molecule has 4 nitrogen and oxygen atoms in total. The van der Waals surface area contributed by atoms with E-state index in [1.807, 2.05) is 0 Å². The Morgan fingerprint density at radius 2 is 2.14 bits per heavy atom. The van der Waals surface area contributed by atoms with Gasteiger partial charge in [-0.15, -0.1) is 0 Å². The normalized spacial score (nSPS) is 10.6. The highest BCUT2D eigenvalue weighted by atomic mass is 35.5. The molecule has 0 atom stereocenters. The van der Waals surface area contributed by atoms with Crippen molar-refractivity contribution >= 4 is 23.4 Å². The number of rotatable bonds is 3. The Hall–Kier alpha value is -1.17. The predicted octanol–water partition coefficient (Wildman–Crippen LogP) is 1.90. The number of hydrogen-bond acceptors (Lipinski definition) is 4. The lowest BCUT2D eigenvalue weighted by Gasteiger charge is -2.08. The summed E-state index contributed by atoms with van der Waals surface area (Å²) in [4.78, 5) is 7.00. The SMILES string of the molecule is [CH2]CNc1nc(N)nc(C(F)F)c1Cl. The van der Waals surface area contributed by atoms with E-state index >= 15 is 0 Å². The van der Waals surface area contributed by atoms with Crippen LogP contribution in [0.3, 0.4) is 0 Å². The topological polar surface area (TPSA) is 63.8 Å². The highest BCUT2D eigenvalue weighted by Gasteiger charge is 2.18. The number of nitrogens with two attached hydrogens (primary N) is 1. The van der Waals surface area contributed by atoms with Crippen molar-refractivity contribution in [3.05, 3.63) is 17.6 Å². The molecule has 0 bridgehead atoms. The molecule has 0 fully saturated rings. The molecular weight excluding hydrogens is 214 g/mol. The molecule has 0 aliphatic rings. The molecular formula is C7H8ClF2N4. The first-order valence-corrected chi connectivity index (χ1v) is 4.08. The molecule has 1 aromatic rings. The average molecular weight is 222 g/mol. The van der Waals surface area contributed by atoms with Gasteiger partial charge in [-0.3, -0.25) is 0 Å². The van der Waals surface area contributed by atoms with Gasteiger partial charge in [0.1, 0.15) is 10.7 Å². The average Bonchev–Trinajstić information content (AvgIpc) is 2.10. The van der Waals surface area contributed by atoms with Crippen molar-refractivity contribution in [3.63, 3.8) is 0 Å². The monoisotopic (exact) mass is 221 g/mol. The fraction of sp³-hybridized carbons (Fsp3) is 0.286. The van der Waals surface area contributed by atoms with Gasteiger partial charge in [-0.25, -0.2) is 13.8 Å². The molecule has 0 saturated heterocycles. The number of nitrogens with one attached hydrogen (secondary N) is 1. The Balaban J connectivity index is 3.18. The lowest BCUT2D eigenvalue weighted by Crippen LogP contribution is -2.07. The van der Waals surface area contributed by atoms with Gasteiger partial charge < -0.3 is 11.1 Å². The van der Waals surface area contributed by atoms with E-state index in [1.165, 1.54) is 0 Å². The summed E-state index contributed by atoms with van der Waals surface area (Å²) in [6.45, 7) is 3.73. The Bertz CT molecular complexity index is 332. The summed E-state index contributed by atoms with van der Waals surface area (Å²) in [5, 5.41) is 2.38. The molecule has 0 unspecified atom stereocenters. The van der Waals surface area contributed by atoms with Gasteiger partial charge in [-0.2, -0.15) is 4.98 Å². The minimum absolute atomic E-state index is 0.0736. The summed E-state index contributed by atoms with van der Waals surface area (Å²) >= 11 is 5.60. The quantitative estimate of drug-likeness (QED) is 0.818. The lowest BCUT2D eigenvalue weighted by molar-refractivity contribution is 0.146. The van der Waals surface area contributed by atoms with Gasteiger partial charge in [0, 0.05) is 6.54 Å². The van der Waals surface area contributed by atoms with Gasteiger partial charge in [-0.05, 0) is 6.92 Å². The summed E-state index contributed by atoms with van der Waals surface area (Å²) in [6.07, 6.45) is -2.78. The third-order valence-corrected chi connectivity index (χ3v) is 1.77. The highest BCUT2D eigenvalue weighted by molar-refractivity contribution is 6.33. The molecule has 77 valence electrons. The van der Waals surface area contributed by atoms with Gasteiger partial charge in [-0.1, -0.05) is 11.6 Å². The Labute approximate surface area is 84.5 Å². The number of halogens is 3. The van der Waals surface area contributed by atoms with Crippen LogP contribution in [0.5, 0.6) is 0 Å². The number of aromatic nitrogens is 2. The van der Waals surface area contributed by atoms with Crippen LogP contribution in [0.1, 0.15) is 12.1 Å². The highest BCUT2D eigenvalue weighted by Crippen LogP contribution is 2.30. The molecule has 0 aromatic carbocycles.